The van der Waals surface area contributed by atoms with Crippen molar-refractivity contribution in [1.29, 1.82) is 0 Å². The van der Waals surface area contributed by atoms with Gasteiger partial charge in [-0.1, -0.05) is 12.1 Å². The highest BCUT2D eigenvalue weighted by Crippen LogP contribution is 2.34. The van der Waals surface area contributed by atoms with Crippen molar-refractivity contribution in [3.8, 4) is 0 Å². The lowest BCUT2D eigenvalue weighted by atomic mass is 10.1. The smallest absolute Gasteiger partial charge is 0.326 e. The number of carbonyl (C=O) groups is 2. The van der Waals surface area contributed by atoms with Gasteiger partial charge in [-0.25, -0.2) is 4.39 Å². The van der Waals surface area contributed by atoms with Gasteiger partial charge in [-0.15, -0.1) is 0 Å². The predicted octanol–water partition coefficient (Wildman–Crippen LogP) is 4.84. The molecule has 0 fully saturated rings. The fraction of sp³-hybridized carbons (Fsp3) is 0.222. The highest BCUT2D eigenvalue weighted by Gasteiger charge is 2.33. The Morgan fingerprint density at radius 2 is 1.56 bits per heavy atom. The van der Waals surface area contributed by atoms with Gasteiger partial charge < -0.3 is 5.32 Å². The van der Waals surface area contributed by atoms with Crippen LogP contribution in [0, 0.1) is 5.82 Å². The third-order valence-electron chi connectivity index (χ3n) is 3.48. The molecule has 0 saturated heterocycles. The van der Waals surface area contributed by atoms with Crippen LogP contribution in [0.1, 0.15) is 35.2 Å². The normalized spacial score (nSPS) is 11.2. The first-order valence-electron chi connectivity index (χ1n) is 7.52. The molecule has 0 radical (unpaired) electrons. The van der Waals surface area contributed by atoms with Gasteiger partial charge in [-0.2, -0.15) is 13.2 Å². The third-order valence-corrected chi connectivity index (χ3v) is 3.48. The van der Waals surface area contributed by atoms with Crippen LogP contribution in [0.5, 0.6) is 0 Å². The summed E-state index contributed by atoms with van der Waals surface area (Å²) in [6.45, 7) is 0. The fourth-order valence-electron chi connectivity index (χ4n) is 2.24. The van der Waals surface area contributed by atoms with Crippen molar-refractivity contribution < 1.29 is 27.2 Å². The Morgan fingerprint density at radius 1 is 0.920 bits per heavy atom. The van der Waals surface area contributed by atoms with Crippen LogP contribution in [0.2, 0.25) is 0 Å². The number of para-hydroxylation sites is 1. The van der Waals surface area contributed by atoms with Gasteiger partial charge in [0.1, 0.15) is 5.82 Å². The SMILES string of the molecule is O=C(CCCC(=O)c1ccc(F)cc1)Nc1ccccc1C(F)(F)F. The maximum Gasteiger partial charge on any atom is 0.418 e. The number of Topliss-reactive ketones (excluding diaryl/α,β-unsaturated/α-hetero) is 1. The zero-order valence-corrected chi connectivity index (χ0v) is 13.1. The second kappa shape index (κ2) is 7.92. The third kappa shape index (κ3) is 5.41. The number of halogens is 4. The number of benzene rings is 2. The number of hydrogen-bond acceptors (Lipinski definition) is 2. The van der Waals surface area contributed by atoms with E-state index in [0.717, 1.165) is 18.2 Å². The minimum atomic E-state index is -4.57. The molecule has 1 amide bonds. The second-order valence-corrected chi connectivity index (χ2v) is 5.38. The number of amides is 1. The van der Waals surface area contributed by atoms with Gasteiger partial charge in [0, 0.05) is 18.4 Å². The largest absolute Gasteiger partial charge is 0.418 e. The lowest BCUT2D eigenvalue weighted by Crippen LogP contribution is -2.16. The maximum atomic E-state index is 12.9. The summed E-state index contributed by atoms with van der Waals surface area (Å²) in [5.74, 6) is -1.33. The van der Waals surface area contributed by atoms with Gasteiger partial charge in [0.05, 0.1) is 11.3 Å². The molecule has 0 aliphatic rings. The van der Waals surface area contributed by atoms with Gasteiger partial charge in [-0.05, 0) is 42.8 Å². The summed E-state index contributed by atoms with van der Waals surface area (Å²) in [5.41, 5.74) is -0.917. The molecule has 2 aromatic rings. The van der Waals surface area contributed by atoms with Crippen LogP contribution in [0.4, 0.5) is 23.2 Å². The molecular formula is C18H15F4NO2. The van der Waals surface area contributed by atoms with E-state index < -0.39 is 23.5 Å². The predicted molar refractivity (Wildman–Crippen MR) is 84.7 cm³/mol. The molecule has 25 heavy (non-hydrogen) atoms. The Labute approximate surface area is 141 Å². The highest BCUT2D eigenvalue weighted by molar-refractivity contribution is 5.96. The molecule has 0 aromatic heterocycles. The van der Waals surface area contributed by atoms with Crippen LogP contribution in [0.3, 0.4) is 0 Å². The summed E-state index contributed by atoms with van der Waals surface area (Å²) >= 11 is 0. The van der Waals surface area contributed by atoms with Crippen LogP contribution < -0.4 is 5.32 Å². The molecule has 0 bridgehead atoms. The van der Waals surface area contributed by atoms with Gasteiger partial charge >= 0.3 is 6.18 Å². The van der Waals surface area contributed by atoms with E-state index >= 15 is 0 Å². The molecule has 0 heterocycles. The quantitative estimate of drug-likeness (QED) is 0.597. The first kappa shape index (κ1) is 18.6. The van der Waals surface area contributed by atoms with E-state index in [2.05, 4.69) is 5.32 Å². The number of nitrogens with one attached hydrogen (secondary N) is 1. The number of alkyl halides is 3. The second-order valence-electron chi connectivity index (χ2n) is 5.38. The zero-order valence-electron chi connectivity index (χ0n) is 13.1. The van der Waals surface area contributed by atoms with E-state index in [1.54, 1.807) is 0 Å². The summed E-state index contributed by atoms with van der Waals surface area (Å²) in [7, 11) is 0. The topological polar surface area (TPSA) is 46.2 Å². The Kier molecular flexibility index (Phi) is 5.90. The summed E-state index contributed by atoms with van der Waals surface area (Å²) in [5, 5.41) is 2.22. The van der Waals surface area contributed by atoms with Crippen LogP contribution >= 0.6 is 0 Å². The number of hydrogen-bond donors (Lipinski definition) is 1. The molecule has 0 atom stereocenters. The molecule has 0 aliphatic carbocycles. The fourth-order valence-corrected chi connectivity index (χ4v) is 2.24. The summed E-state index contributed by atoms with van der Waals surface area (Å²) in [6, 6.07) is 9.69. The van der Waals surface area contributed by atoms with E-state index in [-0.39, 0.29) is 30.7 Å². The van der Waals surface area contributed by atoms with Crippen molar-refractivity contribution in [2.24, 2.45) is 0 Å². The Balaban J connectivity index is 1.87. The van der Waals surface area contributed by atoms with Gasteiger partial charge in [-0.3, -0.25) is 9.59 Å². The molecule has 7 heteroatoms. The summed E-state index contributed by atoms with van der Waals surface area (Å²) in [6.07, 6.45) is -4.45. The molecule has 132 valence electrons. The molecule has 0 aliphatic heterocycles. The average molecular weight is 353 g/mol. The van der Waals surface area contributed by atoms with Crippen molar-refractivity contribution in [1.82, 2.24) is 0 Å². The molecular weight excluding hydrogens is 338 g/mol. The van der Waals surface area contributed by atoms with E-state index in [1.165, 1.54) is 30.3 Å². The van der Waals surface area contributed by atoms with Crippen molar-refractivity contribution in [2.45, 2.75) is 25.4 Å². The number of ketones is 1. The first-order valence-corrected chi connectivity index (χ1v) is 7.52. The van der Waals surface area contributed by atoms with Crippen LogP contribution in [0.25, 0.3) is 0 Å². The molecule has 3 nitrogen and oxygen atoms in total. The van der Waals surface area contributed by atoms with Crippen molar-refractivity contribution >= 4 is 17.4 Å². The van der Waals surface area contributed by atoms with Crippen molar-refractivity contribution in [3.63, 3.8) is 0 Å². The lowest BCUT2D eigenvalue weighted by Gasteiger charge is -2.13. The lowest BCUT2D eigenvalue weighted by molar-refractivity contribution is -0.137. The number of carbonyl (C=O) groups excluding carboxylic acids is 2. The first-order chi connectivity index (χ1) is 11.8. The van der Waals surface area contributed by atoms with Crippen LogP contribution in [-0.4, -0.2) is 11.7 Å². The van der Waals surface area contributed by atoms with E-state index in [1.807, 2.05) is 0 Å². The van der Waals surface area contributed by atoms with Gasteiger partial charge in [0.25, 0.3) is 0 Å². The van der Waals surface area contributed by atoms with Gasteiger partial charge in [0.15, 0.2) is 5.78 Å². The van der Waals surface area contributed by atoms with Gasteiger partial charge in [0.2, 0.25) is 5.91 Å². The molecule has 2 rings (SSSR count). The van der Waals surface area contributed by atoms with Crippen molar-refractivity contribution in [3.05, 3.63) is 65.5 Å². The summed E-state index contributed by atoms with van der Waals surface area (Å²) < 4.78 is 51.3. The van der Waals surface area contributed by atoms with E-state index in [4.69, 9.17) is 0 Å². The number of rotatable bonds is 6. The van der Waals surface area contributed by atoms with Crippen molar-refractivity contribution in [2.75, 3.05) is 5.32 Å². The molecule has 0 saturated carbocycles. The Hall–Kier alpha value is -2.70. The monoisotopic (exact) mass is 353 g/mol. The molecule has 1 N–H and O–H groups in total. The minimum Gasteiger partial charge on any atom is -0.326 e. The minimum absolute atomic E-state index is 0.0416. The Morgan fingerprint density at radius 3 is 2.20 bits per heavy atom. The van der Waals surface area contributed by atoms with Crippen LogP contribution in [0.15, 0.2) is 48.5 Å². The Bertz CT molecular complexity index is 754. The van der Waals surface area contributed by atoms with Crippen LogP contribution in [-0.2, 0) is 11.0 Å². The van der Waals surface area contributed by atoms with E-state index in [9.17, 15) is 27.2 Å². The molecule has 0 unspecified atom stereocenters. The highest BCUT2D eigenvalue weighted by atomic mass is 19.4. The van der Waals surface area contributed by atoms with E-state index in [0.29, 0.717) is 5.56 Å². The number of anilines is 1. The molecule has 2 aromatic carbocycles. The maximum absolute atomic E-state index is 12.9. The molecule has 0 spiro atoms. The standard InChI is InChI=1S/C18H15F4NO2/c19-13-10-8-12(9-11-13)16(24)6-3-7-17(25)23-15-5-2-1-4-14(15)18(20,21)22/h1-2,4-5,8-11H,3,6-7H2,(H,23,25). The average Bonchev–Trinajstić information content (AvgIpc) is 2.55. The summed E-state index contributed by atoms with van der Waals surface area (Å²) in [4.78, 5) is 23.7. The zero-order chi connectivity index (χ0) is 18.4.